The number of benzene rings is 1. The van der Waals surface area contributed by atoms with Gasteiger partial charge in [-0.1, -0.05) is 40.5 Å². The molecule has 2 rings (SSSR count). The minimum absolute atomic E-state index is 0.402. The van der Waals surface area contributed by atoms with Gasteiger partial charge in [0.15, 0.2) is 0 Å². The van der Waals surface area contributed by atoms with Crippen LogP contribution in [0, 0.1) is 0 Å². The van der Waals surface area contributed by atoms with E-state index in [1.165, 1.54) is 5.56 Å². The number of nitrogens with zero attached hydrogens (tertiary/aromatic N) is 1. The predicted molar refractivity (Wildman–Crippen MR) is 89.7 cm³/mol. The topological polar surface area (TPSA) is 34.1 Å². The van der Waals surface area contributed by atoms with Crippen LogP contribution in [0.4, 0.5) is 0 Å². The molecule has 0 aliphatic heterocycles. The van der Waals surface area contributed by atoms with Crippen molar-refractivity contribution in [2.45, 2.75) is 26.5 Å². The van der Waals surface area contributed by atoms with Gasteiger partial charge >= 0.3 is 0 Å². The van der Waals surface area contributed by atoms with Gasteiger partial charge in [-0.15, -0.1) is 0 Å². The maximum absolute atomic E-state index is 6.08. The summed E-state index contributed by atoms with van der Waals surface area (Å²) >= 11 is 9.48. The van der Waals surface area contributed by atoms with E-state index < -0.39 is 0 Å². The molecule has 1 N–H and O–H groups in total. The number of halogens is 2. The molecule has 0 saturated heterocycles. The fourth-order valence-corrected chi connectivity index (χ4v) is 2.31. The molecule has 0 amide bonds. The summed E-state index contributed by atoms with van der Waals surface area (Å²) < 4.78 is 6.64. The number of aromatic nitrogens is 1. The summed E-state index contributed by atoms with van der Waals surface area (Å²) in [6.45, 7) is 4.42. The molecule has 0 atom stereocenters. The standard InChI is InChI=1S/C16H18BrClN2O/c1-2-7-19-9-12-3-5-14(20-10-12)11-21-16-8-13(17)4-6-15(16)18/h3-6,8,10,19H,2,7,9,11H2,1H3. The van der Waals surface area contributed by atoms with Crippen molar-refractivity contribution >= 4 is 27.5 Å². The van der Waals surface area contributed by atoms with Gasteiger partial charge in [-0.05, 0) is 42.8 Å². The second kappa shape index (κ2) is 8.37. The lowest BCUT2D eigenvalue weighted by molar-refractivity contribution is 0.301. The summed E-state index contributed by atoms with van der Waals surface area (Å²) in [4.78, 5) is 4.40. The Morgan fingerprint density at radius 3 is 2.86 bits per heavy atom. The Hall–Kier alpha value is -1.10. The second-order valence-electron chi connectivity index (χ2n) is 4.70. The molecule has 21 heavy (non-hydrogen) atoms. The molecule has 0 aliphatic carbocycles. The Balaban J connectivity index is 1.90. The normalized spacial score (nSPS) is 10.6. The fraction of sp³-hybridized carbons (Fsp3) is 0.312. The highest BCUT2D eigenvalue weighted by Crippen LogP contribution is 2.28. The minimum atomic E-state index is 0.402. The van der Waals surface area contributed by atoms with Crippen molar-refractivity contribution in [1.82, 2.24) is 10.3 Å². The van der Waals surface area contributed by atoms with Crippen LogP contribution in [0.25, 0.3) is 0 Å². The van der Waals surface area contributed by atoms with E-state index in [9.17, 15) is 0 Å². The first kappa shape index (κ1) is 16.3. The van der Waals surface area contributed by atoms with Crippen molar-refractivity contribution in [3.63, 3.8) is 0 Å². The number of nitrogens with one attached hydrogen (secondary N) is 1. The number of ether oxygens (including phenoxy) is 1. The first-order chi connectivity index (χ1) is 10.2. The number of pyridine rings is 1. The van der Waals surface area contributed by atoms with Gasteiger partial charge in [0.25, 0.3) is 0 Å². The molecule has 2 aromatic rings. The summed E-state index contributed by atoms with van der Waals surface area (Å²) in [5.74, 6) is 0.654. The third-order valence-corrected chi connectivity index (χ3v) is 3.72. The van der Waals surface area contributed by atoms with Gasteiger partial charge in [0, 0.05) is 17.2 Å². The molecule has 112 valence electrons. The monoisotopic (exact) mass is 368 g/mol. The number of rotatable bonds is 7. The average molecular weight is 370 g/mol. The van der Waals surface area contributed by atoms with Crippen LogP contribution in [-0.4, -0.2) is 11.5 Å². The van der Waals surface area contributed by atoms with Crippen LogP contribution < -0.4 is 10.1 Å². The van der Waals surface area contributed by atoms with E-state index in [0.717, 1.165) is 29.7 Å². The van der Waals surface area contributed by atoms with E-state index in [1.54, 1.807) is 6.07 Å². The molecular formula is C16H18BrClN2O. The molecule has 0 fully saturated rings. The van der Waals surface area contributed by atoms with Crippen LogP contribution in [-0.2, 0) is 13.2 Å². The summed E-state index contributed by atoms with van der Waals surface area (Å²) in [7, 11) is 0. The zero-order valence-corrected chi connectivity index (χ0v) is 14.2. The van der Waals surface area contributed by atoms with Gasteiger partial charge < -0.3 is 10.1 Å². The van der Waals surface area contributed by atoms with Gasteiger partial charge in [0.1, 0.15) is 12.4 Å². The van der Waals surface area contributed by atoms with Gasteiger partial charge in [-0.2, -0.15) is 0 Å². The molecule has 5 heteroatoms. The van der Waals surface area contributed by atoms with Crippen molar-refractivity contribution in [1.29, 1.82) is 0 Å². The maximum Gasteiger partial charge on any atom is 0.139 e. The summed E-state index contributed by atoms with van der Waals surface area (Å²) in [5, 5.41) is 3.94. The molecule has 0 saturated carbocycles. The zero-order chi connectivity index (χ0) is 15.1. The molecule has 1 aromatic carbocycles. The molecule has 0 unspecified atom stereocenters. The Kier molecular flexibility index (Phi) is 6.49. The highest BCUT2D eigenvalue weighted by atomic mass is 79.9. The third-order valence-electron chi connectivity index (χ3n) is 2.91. The van der Waals surface area contributed by atoms with Gasteiger partial charge in [-0.25, -0.2) is 0 Å². The van der Waals surface area contributed by atoms with E-state index in [4.69, 9.17) is 16.3 Å². The molecule has 0 bridgehead atoms. The van der Waals surface area contributed by atoms with Crippen LogP contribution in [0.1, 0.15) is 24.6 Å². The fourth-order valence-electron chi connectivity index (χ4n) is 1.79. The molecule has 0 radical (unpaired) electrons. The lowest BCUT2D eigenvalue weighted by Gasteiger charge is -2.09. The highest BCUT2D eigenvalue weighted by molar-refractivity contribution is 9.10. The summed E-state index contributed by atoms with van der Waals surface area (Å²) in [5.41, 5.74) is 2.05. The second-order valence-corrected chi connectivity index (χ2v) is 6.02. The van der Waals surface area contributed by atoms with Crippen molar-refractivity contribution in [3.8, 4) is 5.75 Å². The first-order valence-corrected chi connectivity index (χ1v) is 8.08. The largest absolute Gasteiger partial charge is 0.486 e. The predicted octanol–water partition coefficient (Wildman–Crippen LogP) is 4.58. The zero-order valence-electron chi connectivity index (χ0n) is 11.9. The molecule has 1 heterocycles. The SMILES string of the molecule is CCCNCc1ccc(COc2cc(Br)ccc2Cl)nc1. The van der Waals surface area contributed by atoms with Crippen molar-refractivity contribution < 1.29 is 4.74 Å². The van der Waals surface area contributed by atoms with Crippen LogP contribution >= 0.6 is 27.5 Å². The molecular weight excluding hydrogens is 352 g/mol. The van der Waals surface area contributed by atoms with Crippen LogP contribution in [0.2, 0.25) is 5.02 Å². The van der Waals surface area contributed by atoms with Crippen LogP contribution in [0.5, 0.6) is 5.75 Å². The van der Waals surface area contributed by atoms with Gasteiger partial charge in [0.05, 0.1) is 10.7 Å². The Bertz CT molecular complexity index is 575. The van der Waals surface area contributed by atoms with E-state index in [1.807, 2.05) is 24.4 Å². The van der Waals surface area contributed by atoms with E-state index >= 15 is 0 Å². The molecule has 0 aliphatic rings. The molecule has 3 nitrogen and oxygen atoms in total. The molecule has 1 aromatic heterocycles. The maximum atomic E-state index is 6.08. The highest BCUT2D eigenvalue weighted by Gasteiger charge is 2.04. The Labute approximate surface area is 138 Å². The molecule has 0 spiro atoms. The number of hydrogen-bond acceptors (Lipinski definition) is 3. The summed E-state index contributed by atoms with van der Waals surface area (Å²) in [6.07, 6.45) is 3.01. The Morgan fingerprint density at radius 1 is 1.29 bits per heavy atom. The van der Waals surface area contributed by atoms with E-state index in [2.05, 4.69) is 39.2 Å². The van der Waals surface area contributed by atoms with Crippen LogP contribution in [0.15, 0.2) is 41.0 Å². The minimum Gasteiger partial charge on any atom is -0.486 e. The lowest BCUT2D eigenvalue weighted by atomic mass is 10.2. The lowest BCUT2D eigenvalue weighted by Crippen LogP contribution is -2.14. The Morgan fingerprint density at radius 2 is 2.14 bits per heavy atom. The third kappa shape index (κ3) is 5.30. The summed E-state index contributed by atoms with van der Waals surface area (Å²) in [6, 6.07) is 9.58. The van der Waals surface area contributed by atoms with Gasteiger partial charge in [0.2, 0.25) is 0 Å². The number of hydrogen-bond donors (Lipinski definition) is 1. The van der Waals surface area contributed by atoms with Crippen molar-refractivity contribution in [3.05, 3.63) is 57.3 Å². The van der Waals surface area contributed by atoms with Crippen molar-refractivity contribution in [2.75, 3.05) is 6.54 Å². The van der Waals surface area contributed by atoms with Crippen molar-refractivity contribution in [2.24, 2.45) is 0 Å². The average Bonchev–Trinajstić information content (AvgIpc) is 2.50. The van der Waals surface area contributed by atoms with E-state index in [-0.39, 0.29) is 0 Å². The van der Waals surface area contributed by atoms with Crippen LogP contribution in [0.3, 0.4) is 0 Å². The quantitative estimate of drug-likeness (QED) is 0.726. The van der Waals surface area contributed by atoms with E-state index in [0.29, 0.717) is 17.4 Å². The smallest absolute Gasteiger partial charge is 0.139 e. The van der Waals surface area contributed by atoms with Gasteiger partial charge in [-0.3, -0.25) is 4.98 Å². The first-order valence-electron chi connectivity index (χ1n) is 6.91.